The number of ether oxygens (including phenoxy) is 2. The van der Waals surface area contributed by atoms with Crippen LogP contribution < -0.4 is 5.32 Å². The topological polar surface area (TPSA) is 67.9 Å². The van der Waals surface area contributed by atoms with Crippen LogP contribution in [-0.4, -0.2) is 54.7 Å². The molecule has 2 aliphatic heterocycles. The Morgan fingerprint density at radius 1 is 1.23 bits per heavy atom. The number of benzene rings is 1. The Balaban J connectivity index is 1.24. The van der Waals surface area contributed by atoms with Gasteiger partial charge in [0, 0.05) is 24.6 Å². The summed E-state index contributed by atoms with van der Waals surface area (Å²) in [4.78, 5) is 25.5. The highest BCUT2D eigenvalue weighted by atomic mass is 19.4. The molecule has 6 nitrogen and oxygen atoms in total. The van der Waals surface area contributed by atoms with Crippen molar-refractivity contribution in [3.05, 3.63) is 34.9 Å². The number of likely N-dealkylation sites (tertiary alicyclic amines) is 1. The number of amides is 2. The normalized spacial score (nSPS) is 26.9. The second-order valence-corrected chi connectivity index (χ2v) is 8.02. The number of hydrogen-bond donors (Lipinski definition) is 1. The van der Waals surface area contributed by atoms with Crippen molar-refractivity contribution >= 4 is 11.8 Å². The van der Waals surface area contributed by atoms with E-state index < -0.39 is 41.6 Å². The zero-order valence-corrected chi connectivity index (χ0v) is 15.7. The van der Waals surface area contributed by atoms with Gasteiger partial charge in [-0.25, -0.2) is 8.78 Å². The third-order valence-corrected chi connectivity index (χ3v) is 5.72. The van der Waals surface area contributed by atoms with Gasteiger partial charge in [0.2, 0.25) is 11.8 Å². The molecule has 1 aromatic carbocycles. The molecular formula is C19H19F5N2O4. The average Bonchev–Trinajstić information content (AvgIpc) is 2.59. The molecule has 0 unspecified atom stereocenters. The van der Waals surface area contributed by atoms with Crippen LogP contribution in [0.4, 0.5) is 22.0 Å². The van der Waals surface area contributed by atoms with Crippen LogP contribution in [0.2, 0.25) is 0 Å². The first-order chi connectivity index (χ1) is 14.1. The third-order valence-electron chi connectivity index (χ3n) is 5.72. The molecule has 1 saturated carbocycles. The molecule has 4 rings (SSSR count). The van der Waals surface area contributed by atoms with Gasteiger partial charge in [0.25, 0.3) is 0 Å². The molecule has 0 radical (unpaired) electrons. The fraction of sp³-hybridized carbons (Fsp3) is 0.579. The molecule has 0 bridgehead atoms. The van der Waals surface area contributed by atoms with Gasteiger partial charge >= 0.3 is 6.18 Å². The molecule has 3 aliphatic rings. The van der Waals surface area contributed by atoms with Crippen LogP contribution in [0.15, 0.2) is 12.1 Å². The molecule has 1 N–H and O–H groups in total. The number of halogens is 5. The van der Waals surface area contributed by atoms with Crippen molar-refractivity contribution in [3.63, 3.8) is 0 Å². The van der Waals surface area contributed by atoms with Crippen LogP contribution in [-0.2, 0) is 31.8 Å². The molecule has 0 atom stereocenters. The molecule has 164 valence electrons. The summed E-state index contributed by atoms with van der Waals surface area (Å²) in [6, 6.07) is 0.596. The number of carbonyl (C=O) groups is 2. The van der Waals surface area contributed by atoms with Crippen LogP contribution in [0.25, 0.3) is 0 Å². The zero-order valence-electron chi connectivity index (χ0n) is 15.7. The van der Waals surface area contributed by atoms with Crippen molar-refractivity contribution in [2.24, 2.45) is 5.92 Å². The number of morpholine rings is 1. The molecule has 1 spiro atoms. The second-order valence-electron chi connectivity index (χ2n) is 8.02. The highest BCUT2D eigenvalue weighted by Gasteiger charge is 2.52. The summed E-state index contributed by atoms with van der Waals surface area (Å²) >= 11 is 0. The van der Waals surface area contributed by atoms with Crippen LogP contribution in [0, 0.1) is 17.6 Å². The molecule has 1 aliphatic carbocycles. The van der Waals surface area contributed by atoms with E-state index in [9.17, 15) is 31.5 Å². The fourth-order valence-corrected chi connectivity index (χ4v) is 4.09. The minimum atomic E-state index is -4.98. The number of hydrogen-bond acceptors (Lipinski definition) is 4. The van der Waals surface area contributed by atoms with Gasteiger partial charge in [-0.3, -0.25) is 9.59 Å². The lowest BCUT2D eigenvalue weighted by Gasteiger charge is -2.51. The molecular weight excluding hydrogens is 415 g/mol. The van der Waals surface area contributed by atoms with Gasteiger partial charge < -0.3 is 19.7 Å². The van der Waals surface area contributed by atoms with Crippen molar-refractivity contribution in [3.8, 4) is 0 Å². The van der Waals surface area contributed by atoms with E-state index >= 15 is 0 Å². The van der Waals surface area contributed by atoms with Gasteiger partial charge in [-0.05, 0) is 25.0 Å². The predicted octanol–water partition coefficient (Wildman–Crippen LogP) is 2.01. The number of alkyl halides is 3. The van der Waals surface area contributed by atoms with E-state index in [1.54, 1.807) is 4.90 Å². The van der Waals surface area contributed by atoms with E-state index in [1.807, 2.05) is 0 Å². The third kappa shape index (κ3) is 4.00. The quantitative estimate of drug-likeness (QED) is 0.737. The van der Waals surface area contributed by atoms with Crippen molar-refractivity contribution in [2.45, 2.75) is 37.3 Å². The number of carbonyl (C=O) groups excluding carboxylic acids is 2. The van der Waals surface area contributed by atoms with Crippen LogP contribution in [0.3, 0.4) is 0 Å². The van der Waals surface area contributed by atoms with Crippen LogP contribution in [0.5, 0.6) is 0 Å². The molecule has 11 heteroatoms. The zero-order chi connectivity index (χ0) is 21.7. The van der Waals surface area contributed by atoms with E-state index in [4.69, 9.17) is 9.47 Å². The van der Waals surface area contributed by atoms with E-state index in [2.05, 4.69) is 5.32 Å². The van der Waals surface area contributed by atoms with Crippen molar-refractivity contribution in [1.82, 2.24) is 10.2 Å². The monoisotopic (exact) mass is 434 g/mol. The molecule has 2 heterocycles. The Morgan fingerprint density at radius 2 is 1.93 bits per heavy atom. The Labute approximate surface area is 168 Å². The molecule has 1 aromatic rings. The number of nitrogens with zero attached hydrogens (tertiary/aromatic N) is 1. The van der Waals surface area contributed by atoms with E-state index in [0.717, 1.165) is 0 Å². The highest BCUT2D eigenvalue weighted by Crippen LogP contribution is 2.41. The van der Waals surface area contributed by atoms with Crippen LogP contribution in [0.1, 0.15) is 24.0 Å². The van der Waals surface area contributed by atoms with Crippen molar-refractivity contribution < 1.29 is 41.0 Å². The Bertz CT molecular complexity index is 863. The summed E-state index contributed by atoms with van der Waals surface area (Å²) in [6.07, 6.45) is -4.40. The van der Waals surface area contributed by atoms with Gasteiger partial charge in [-0.15, -0.1) is 0 Å². The van der Waals surface area contributed by atoms with E-state index in [-0.39, 0.29) is 49.1 Å². The summed E-state index contributed by atoms with van der Waals surface area (Å²) in [5.74, 6) is -3.27. The van der Waals surface area contributed by atoms with Crippen molar-refractivity contribution in [2.75, 3.05) is 26.3 Å². The van der Waals surface area contributed by atoms with Gasteiger partial charge in [-0.1, -0.05) is 0 Å². The molecule has 0 aromatic heterocycles. The first kappa shape index (κ1) is 21.0. The first-order valence-corrected chi connectivity index (χ1v) is 9.41. The highest BCUT2D eigenvalue weighted by molar-refractivity contribution is 5.83. The smallest absolute Gasteiger partial charge is 0.370 e. The maximum Gasteiger partial charge on any atom is 0.419 e. The Kier molecular flexibility index (Phi) is 5.21. The lowest BCUT2D eigenvalue weighted by atomic mass is 9.67. The number of nitrogens with one attached hydrogen (secondary N) is 1. The molecule has 2 saturated heterocycles. The summed E-state index contributed by atoms with van der Waals surface area (Å²) in [5, 5.41) is 2.86. The average molecular weight is 434 g/mol. The number of rotatable bonds is 4. The van der Waals surface area contributed by atoms with E-state index in [0.29, 0.717) is 25.5 Å². The Morgan fingerprint density at radius 3 is 2.57 bits per heavy atom. The maximum atomic E-state index is 13.8. The van der Waals surface area contributed by atoms with E-state index in [1.165, 1.54) is 0 Å². The van der Waals surface area contributed by atoms with Gasteiger partial charge in [0.1, 0.15) is 18.2 Å². The first-order valence-electron chi connectivity index (χ1n) is 9.41. The van der Waals surface area contributed by atoms with Crippen molar-refractivity contribution in [1.29, 1.82) is 0 Å². The fourth-order valence-electron chi connectivity index (χ4n) is 4.09. The summed E-state index contributed by atoms with van der Waals surface area (Å²) in [6.45, 7) is 0.522. The lowest BCUT2D eigenvalue weighted by Crippen LogP contribution is -2.67. The lowest BCUT2D eigenvalue weighted by molar-refractivity contribution is -0.162. The summed E-state index contributed by atoms with van der Waals surface area (Å²) in [7, 11) is 0. The minimum absolute atomic E-state index is 0.0228. The predicted molar refractivity (Wildman–Crippen MR) is 90.9 cm³/mol. The second kappa shape index (κ2) is 7.45. The van der Waals surface area contributed by atoms with Gasteiger partial charge in [0.05, 0.1) is 30.4 Å². The standard InChI is InChI=1S/C19H19F5N2O4/c20-14-2-13(19(22,23)24)15(21)1-10(14)7-30-12-5-26(6-12)17(28)11-3-18(4-11)9-29-8-16(27)25-18/h1-2,11-12H,3-9H2,(H,25,27). The molecule has 2 amide bonds. The summed E-state index contributed by atoms with van der Waals surface area (Å²) in [5.41, 5.74) is -2.46. The molecule has 3 fully saturated rings. The SMILES string of the molecule is O=C1COCC2(CC(C(=O)N3CC(OCc4cc(F)c(C(F)(F)F)cc4F)C3)C2)N1. The van der Waals surface area contributed by atoms with Gasteiger partial charge in [-0.2, -0.15) is 13.2 Å². The minimum Gasteiger partial charge on any atom is -0.370 e. The van der Waals surface area contributed by atoms with Gasteiger partial charge in [0.15, 0.2) is 0 Å². The van der Waals surface area contributed by atoms with Crippen LogP contribution >= 0.6 is 0 Å². The maximum absolute atomic E-state index is 13.8. The summed E-state index contributed by atoms with van der Waals surface area (Å²) < 4.78 is 75.8. The molecule has 30 heavy (non-hydrogen) atoms. The Hall–Kier alpha value is -2.27. The largest absolute Gasteiger partial charge is 0.419 e.